The Labute approximate surface area is 213 Å². The minimum absolute atomic E-state index is 0.00835. The van der Waals surface area contributed by atoms with E-state index in [1.807, 2.05) is 73.0 Å². The Kier molecular flexibility index (Phi) is 8.30. The zero-order chi connectivity index (χ0) is 25.9. The van der Waals surface area contributed by atoms with Crippen LogP contribution < -0.4 is 4.74 Å². The summed E-state index contributed by atoms with van der Waals surface area (Å²) in [6, 6.07) is 13.8. The van der Waals surface area contributed by atoms with Crippen LogP contribution in [-0.4, -0.2) is 66.6 Å². The van der Waals surface area contributed by atoms with Crippen molar-refractivity contribution in [2.75, 3.05) is 32.7 Å². The van der Waals surface area contributed by atoms with Crippen LogP contribution in [0.1, 0.15) is 66.8 Å². The highest BCUT2D eigenvalue weighted by Crippen LogP contribution is 2.38. The monoisotopic (exact) mass is 500 g/mol. The van der Waals surface area contributed by atoms with Crippen LogP contribution in [0.15, 0.2) is 42.5 Å². The van der Waals surface area contributed by atoms with Gasteiger partial charge in [0, 0.05) is 31.7 Å². The molecule has 0 saturated carbocycles. The van der Waals surface area contributed by atoms with Gasteiger partial charge in [-0.1, -0.05) is 36.8 Å². The van der Waals surface area contributed by atoms with Crippen molar-refractivity contribution in [3.63, 3.8) is 0 Å². The molecule has 0 N–H and O–H groups in total. The van der Waals surface area contributed by atoms with Gasteiger partial charge in [0.1, 0.15) is 5.75 Å². The number of carbonyl (C=O) groups excluding carboxylic acids is 1. The standard InChI is InChI=1S/C29H38F2N2O3/c1-5-22-16-24(10-11-25(22)35-20(2)3)28(34)33-14-12-29(13-15-33)19-32(18-27(30)31)17-26(36-29)23-8-6-21(4)7-9-23/h6-11,16,20,26-27H,5,12-15,17-19H2,1-4H3. The number of ether oxygens (including phenoxy) is 2. The van der Waals surface area contributed by atoms with E-state index in [0.29, 0.717) is 44.6 Å². The van der Waals surface area contributed by atoms with E-state index in [2.05, 4.69) is 6.92 Å². The van der Waals surface area contributed by atoms with Gasteiger partial charge >= 0.3 is 0 Å². The van der Waals surface area contributed by atoms with Crippen molar-refractivity contribution in [2.24, 2.45) is 0 Å². The summed E-state index contributed by atoms with van der Waals surface area (Å²) >= 11 is 0. The highest BCUT2D eigenvalue weighted by atomic mass is 19.3. The number of hydrogen-bond donors (Lipinski definition) is 0. The fourth-order valence-electron chi connectivity index (χ4n) is 5.31. The van der Waals surface area contributed by atoms with E-state index < -0.39 is 12.0 Å². The molecule has 2 aromatic rings. The molecule has 196 valence electrons. The Balaban J connectivity index is 1.47. The fourth-order valence-corrected chi connectivity index (χ4v) is 5.31. The second-order valence-electron chi connectivity index (χ2n) is 10.4. The molecule has 5 nitrogen and oxygen atoms in total. The summed E-state index contributed by atoms with van der Waals surface area (Å²) in [6.45, 7) is 9.77. The Morgan fingerprint density at radius 2 is 1.83 bits per heavy atom. The summed E-state index contributed by atoms with van der Waals surface area (Å²) in [6.07, 6.45) is -0.567. The van der Waals surface area contributed by atoms with Crippen LogP contribution in [0.3, 0.4) is 0 Å². The number of halogens is 2. The average molecular weight is 501 g/mol. The number of nitrogens with zero attached hydrogens (tertiary/aromatic N) is 2. The highest BCUT2D eigenvalue weighted by Gasteiger charge is 2.44. The molecule has 2 aliphatic rings. The number of piperidine rings is 1. The Morgan fingerprint density at radius 3 is 2.44 bits per heavy atom. The predicted molar refractivity (Wildman–Crippen MR) is 137 cm³/mol. The van der Waals surface area contributed by atoms with Crippen molar-refractivity contribution in [2.45, 2.75) is 71.2 Å². The average Bonchev–Trinajstić information content (AvgIpc) is 2.84. The minimum Gasteiger partial charge on any atom is -0.491 e. The van der Waals surface area contributed by atoms with Crippen molar-refractivity contribution in [3.8, 4) is 5.75 Å². The lowest BCUT2D eigenvalue weighted by atomic mass is 9.87. The van der Waals surface area contributed by atoms with Crippen LogP contribution in [0, 0.1) is 6.92 Å². The lowest BCUT2D eigenvalue weighted by Crippen LogP contribution is -2.58. The first-order valence-corrected chi connectivity index (χ1v) is 13.0. The van der Waals surface area contributed by atoms with Crippen molar-refractivity contribution in [1.82, 2.24) is 9.80 Å². The van der Waals surface area contributed by atoms with E-state index in [0.717, 1.165) is 28.9 Å². The number of carbonyl (C=O) groups is 1. The zero-order valence-corrected chi connectivity index (χ0v) is 21.8. The number of benzene rings is 2. The van der Waals surface area contributed by atoms with E-state index in [1.165, 1.54) is 0 Å². The number of likely N-dealkylation sites (tertiary alicyclic amines) is 1. The first-order valence-electron chi connectivity index (χ1n) is 13.0. The van der Waals surface area contributed by atoms with E-state index in [9.17, 15) is 13.6 Å². The molecule has 0 bridgehead atoms. The van der Waals surface area contributed by atoms with Crippen LogP contribution in [-0.2, 0) is 11.2 Å². The molecule has 2 heterocycles. The summed E-state index contributed by atoms with van der Waals surface area (Å²) in [5.74, 6) is 0.810. The van der Waals surface area contributed by atoms with Crippen LogP contribution in [0.25, 0.3) is 0 Å². The molecule has 0 aromatic heterocycles. The van der Waals surface area contributed by atoms with E-state index >= 15 is 0 Å². The van der Waals surface area contributed by atoms with Gasteiger partial charge in [-0.3, -0.25) is 9.69 Å². The number of morpholine rings is 1. The topological polar surface area (TPSA) is 42.0 Å². The smallest absolute Gasteiger partial charge is 0.253 e. The molecule has 2 fully saturated rings. The van der Waals surface area contributed by atoms with Crippen LogP contribution in [0.5, 0.6) is 5.75 Å². The molecular weight excluding hydrogens is 462 g/mol. The number of alkyl halides is 2. The van der Waals surface area contributed by atoms with Crippen LogP contribution >= 0.6 is 0 Å². The molecule has 4 rings (SSSR count). The summed E-state index contributed by atoms with van der Waals surface area (Å²) in [4.78, 5) is 17.0. The normalized spacial score (nSPS) is 20.3. The summed E-state index contributed by atoms with van der Waals surface area (Å²) in [5, 5.41) is 0. The molecule has 1 amide bonds. The summed E-state index contributed by atoms with van der Waals surface area (Å²) in [5.41, 5.74) is 3.29. The Morgan fingerprint density at radius 1 is 1.14 bits per heavy atom. The molecule has 1 spiro atoms. The van der Waals surface area contributed by atoms with Gasteiger partial charge < -0.3 is 14.4 Å². The molecule has 2 aromatic carbocycles. The first-order chi connectivity index (χ1) is 17.2. The fraction of sp³-hybridized carbons (Fsp3) is 0.552. The maximum Gasteiger partial charge on any atom is 0.253 e. The molecule has 1 unspecified atom stereocenters. The molecule has 36 heavy (non-hydrogen) atoms. The second-order valence-corrected chi connectivity index (χ2v) is 10.4. The largest absolute Gasteiger partial charge is 0.491 e. The maximum atomic E-state index is 13.3. The second kappa shape index (κ2) is 11.3. The maximum absolute atomic E-state index is 13.3. The molecular formula is C29H38F2N2O3. The SMILES string of the molecule is CCc1cc(C(=O)N2CCC3(CC2)CN(CC(F)F)CC(c2ccc(C)cc2)O3)ccc1OC(C)C. The van der Waals surface area contributed by atoms with Gasteiger partial charge in [0.15, 0.2) is 0 Å². The highest BCUT2D eigenvalue weighted by molar-refractivity contribution is 5.94. The van der Waals surface area contributed by atoms with E-state index in [1.54, 1.807) is 0 Å². The summed E-state index contributed by atoms with van der Waals surface area (Å²) < 4.78 is 39.2. The number of hydrogen-bond acceptors (Lipinski definition) is 4. The molecule has 1 atom stereocenters. The predicted octanol–water partition coefficient (Wildman–Crippen LogP) is 5.66. The molecule has 0 radical (unpaired) electrons. The van der Waals surface area contributed by atoms with Gasteiger partial charge in [0.05, 0.1) is 24.4 Å². The Bertz CT molecular complexity index is 1030. The Hall–Kier alpha value is -2.51. The van der Waals surface area contributed by atoms with Crippen molar-refractivity contribution < 1.29 is 23.0 Å². The van der Waals surface area contributed by atoms with Crippen molar-refractivity contribution in [1.29, 1.82) is 0 Å². The van der Waals surface area contributed by atoms with Gasteiger partial charge in [0.2, 0.25) is 0 Å². The molecule has 7 heteroatoms. The van der Waals surface area contributed by atoms with Gasteiger partial charge in [0.25, 0.3) is 12.3 Å². The molecule has 0 aliphatic carbocycles. The van der Waals surface area contributed by atoms with Gasteiger partial charge in [-0.25, -0.2) is 8.78 Å². The van der Waals surface area contributed by atoms with Crippen LogP contribution in [0.2, 0.25) is 0 Å². The van der Waals surface area contributed by atoms with Crippen LogP contribution in [0.4, 0.5) is 8.78 Å². The third-order valence-corrected chi connectivity index (χ3v) is 7.19. The van der Waals surface area contributed by atoms with Crippen molar-refractivity contribution in [3.05, 3.63) is 64.7 Å². The quantitative estimate of drug-likeness (QED) is 0.492. The number of rotatable bonds is 7. The third-order valence-electron chi connectivity index (χ3n) is 7.19. The molecule has 2 saturated heterocycles. The molecule has 2 aliphatic heterocycles. The lowest BCUT2D eigenvalue weighted by molar-refractivity contribution is -0.180. The minimum atomic E-state index is -2.39. The number of amides is 1. The lowest BCUT2D eigenvalue weighted by Gasteiger charge is -2.50. The van der Waals surface area contributed by atoms with Gasteiger partial charge in [-0.15, -0.1) is 0 Å². The van der Waals surface area contributed by atoms with Crippen molar-refractivity contribution >= 4 is 5.91 Å². The first kappa shape index (κ1) is 26.6. The van der Waals surface area contributed by atoms with E-state index in [4.69, 9.17) is 9.47 Å². The van der Waals surface area contributed by atoms with Gasteiger partial charge in [-0.2, -0.15) is 0 Å². The third kappa shape index (κ3) is 6.24. The van der Waals surface area contributed by atoms with Gasteiger partial charge in [-0.05, 0) is 69.4 Å². The number of aryl methyl sites for hydroxylation is 2. The van der Waals surface area contributed by atoms with E-state index in [-0.39, 0.29) is 24.7 Å². The zero-order valence-electron chi connectivity index (χ0n) is 21.8. The summed E-state index contributed by atoms with van der Waals surface area (Å²) in [7, 11) is 0.